The molecular weight excluding hydrogens is 250 g/mol. The van der Waals surface area contributed by atoms with Crippen molar-refractivity contribution in [2.45, 2.75) is 6.92 Å². The monoisotopic (exact) mass is 262 g/mol. The molecule has 0 aliphatic heterocycles. The number of para-hydroxylation sites is 1. The first kappa shape index (κ1) is 13.0. The van der Waals surface area contributed by atoms with E-state index in [1.165, 1.54) is 25.1 Å². The van der Waals surface area contributed by atoms with Crippen LogP contribution in [0, 0.1) is 11.6 Å². The number of carbonyl (C=O) groups excluding carboxylic acids is 1. The molecule has 98 valence electrons. The highest BCUT2D eigenvalue weighted by Crippen LogP contribution is 2.25. The summed E-state index contributed by atoms with van der Waals surface area (Å²) in [5.41, 5.74) is 6.49. The summed E-state index contributed by atoms with van der Waals surface area (Å²) in [5, 5.41) is 2.61. The molecule has 2 rings (SSSR count). The quantitative estimate of drug-likeness (QED) is 0.657. The molecule has 0 aromatic heterocycles. The SMILES string of the molecule is CC(=O)c1ccc(Nc2c(F)cccc2F)cc1N. The highest BCUT2D eigenvalue weighted by Gasteiger charge is 2.10. The van der Waals surface area contributed by atoms with Gasteiger partial charge in [-0.15, -0.1) is 0 Å². The summed E-state index contributed by atoms with van der Waals surface area (Å²) in [6, 6.07) is 8.10. The fraction of sp³-hybridized carbons (Fsp3) is 0.0714. The number of nitrogens with one attached hydrogen (secondary N) is 1. The Morgan fingerprint density at radius 1 is 1.16 bits per heavy atom. The third-order valence-corrected chi connectivity index (χ3v) is 2.66. The predicted octanol–water partition coefficient (Wildman–Crippen LogP) is 3.49. The Labute approximate surface area is 109 Å². The highest BCUT2D eigenvalue weighted by atomic mass is 19.1. The molecule has 0 aliphatic rings. The number of carbonyl (C=O) groups is 1. The Balaban J connectivity index is 2.34. The minimum atomic E-state index is -0.700. The van der Waals surface area contributed by atoms with Gasteiger partial charge in [-0.05, 0) is 37.3 Å². The third kappa shape index (κ3) is 2.70. The largest absolute Gasteiger partial charge is 0.398 e. The van der Waals surface area contributed by atoms with Gasteiger partial charge in [-0.1, -0.05) is 6.07 Å². The van der Waals surface area contributed by atoms with E-state index in [-0.39, 0.29) is 17.2 Å². The lowest BCUT2D eigenvalue weighted by atomic mass is 10.1. The van der Waals surface area contributed by atoms with Crippen molar-refractivity contribution in [1.29, 1.82) is 0 Å². The molecule has 3 N–H and O–H groups in total. The van der Waals surface area contributed by atoms with E-state index < -0.39 is 11.6 Å². The second kappa shape index (κ2) is 5.06. The maximum Gasteiger partial charge on any atom is 0.161 e. The van der Waals surface area contributed by atoms with Crippen molar-refractivity contribution in [3.05, 3.63) is 53.6 Å². The van der Waals surface area contributed by atoms with Gasteiger partial charge in [-0.3, -0.25) is 4.79 Å². The Morgan fingerprint density at radius 2 is 1.79 bits per heavy atom. The number of rotatable bonds is 3. The summed E-state index contributed by atoms with van der Waals surface area (Å²) in [4.78, 5) is 11.2. The summed E-state index contributed by atoms with van der Waals surface area (Å²) < 4.78 is 26.9. The molecular formula is C14H12F2N2O. The molecule has 0 fully saturated rings. The summed E-state index contributed by atoms with van der Waals surface area (Å²) in [7, 11) is 0. The first-order valence-corrected chi connectivity index (χ1v) is 5.60. The molecule has 0 spiro atoms. The lowest BCUT2D eigenvalue weighted by Gasteiger charge is -2.10. The van der Waals surface area contributed by atoms with Crippen molar-refractivity contribution < 1.29 is 13.6 Å². The second-order valence-electron chi connectivity index (χ2n) is 4.08. The van der Waals surface area contributed by atoms with Crippen LogP contribution in [0.15, 0.2) is 36.4 Å². The van der Waals surface area contributed by atoms with Crippen LogP contribution in [-0.4, -0.2) is 5.78 Å². The van der Waals surface area contributed by atoms with Crippen molar-refractivity contribution in [3.63, 3.8) is 0 Å². The van der Waals surface area contributed by atoms with Gasteiger partial charge in [0.15, 0.2) is 5.78 Å². The Hall–Kier alpha value is -2.43. The molecule has 0 saturated carbocycles. The van der Waals surface area contributed by atoms with Crippen LogP contribution in [0.4, 0.5) is 25.8 Å². The van der Waals surface area contributed by atoms with Gasteiger partial charge in [0, 0.05) is 16.9 Å². The first-order valence-electron chi connectivity index (χ1n) is 5.60. The number of benzene rings is 2. The number of Topliss-reactive ketones (excluding diaryl/α,β-unsaturated/α-hetero) is 1. The topological polar surface area (TPSA) is 55.1 Å². The number of anilines is 3. The van der Waals surface area contributed by atoms with E-state index in [0.29, 0.717) is 11.3 Å². The second-order valence-corrected chi connectivity index (χ2v) is 4.08. The van der Waals surface area contributed by atoms with Crippen LogP contribution in [0.5, 0.6) is 0 Å². The van der Waals surface area contributed by atoms with E-state index in [9.17, 15) is 13.6 Å². The fourth-order valence-electron chi connectivity index (χ4n) is 1.72. The molecule has 19 heavy (non-hydrogen) atoms. The lowest BCUT2D eigenvalue weighted by Crippen LogP contribution is -2.02. The van der Waals surface area contributed by atoms with E-state index >= 15 is 0 Å². The third-order valence-electron chi connectivity index (χ3n) is 2.66. The summed E-state index contributed by atoms with van der Waals surface area (Å²) in [6.45, 7) is 1.40. The van der Waals surface area contributed by atoms with Gasteiger partial charge in [0.1, 0.15) is 17.3 Å². The van der Waals surface area contributed by atoms with Gasteiger partial charge >= 0.3 is 0 Å². The number of hydrogen-bond acceptors (Lipinski definition) is 3. The molecule has 5 heteroatoms. The molecule has 0 bridgehead atoms. The van der Waals surface area contributed by atoms with Crippen LogP contribution in [0.1, 0.15) is 17.3 Å². The fourth-order valence-corrected chi connectivity index (χ4v) is 1.72. The average Bonchev–Trinajstić information content (AvgIpc) is 2.33. The van der Waals surface area contributed by atoms with Crippen molar-refractivity contribution in [2.75, 3.05) is 11.1 Å². The van der Waals surface area contributed by atoms with Crippen molar-refractivity contribution in [3.8, 4) is 0 Å². The van der Waals surface area contributed by atoms with Crippen LogP contribution < -0.4 is 11.1 Å². The van der Waals surface area contributed by atoms with Crippen LogP contribution in [0.25, 0.3) is 0 Å². The first-order chi connectivity index (χ1) is 8.99. The molecule has 0 amide bonds. The number of ketones is 1. The normalized spacial score (nSPS) is 10.3. The standard InChI is InChI=1S/C14H12F2N2O/c1-8(19)10-6-5-9(7-13(10)17)18-14-11(15)3-2-4-12(14)16/h2-7,18H,17H2,1H3. The highest BCUT2D eigenvalue weighted by molar-refractivity contribution is 5.99. The number of hydrogen-bond donors (Lipinski definition) is 2. The molecule has 2 aromatic rings. The molecule has 0 radical (unpaired) electrons. The molecule has 0 atom stereocenters. The Kier molecular flexibility index (Phi) is 3.46. The minimum absolute atomic E-state index is 0.166. The van der Waals surface area contributed by atoms with Gasteiger partial charge in [-0.25, -0.2) is 8.78 Å². The number of nitrogens with two attached hydrogens (primary N) is 1. The van der Waals surface area contributed by atoms with Gasteiger partial charge in [0.05, 0.1) is 0 Å². The molecule has 0 aliphatic carbocycles. The van der Waals surface area contributed by atoms with Crippen LogP contribution in [0.3, 0.4) is 0 Å². The van der Waals surface area contributed by atoms with Gasteiger partial charge in [0.2, 0.25) is 0 Å². The molecule has 0 saturated heterocycles. The van der Waals surface area contributed by atoms with Gasteiger partial charge in [0.25, 0.3) is 0 Å². The van der Waals surface area contributed by atoms with E-state index in [4.69, 9.17) is 5.73 Å². The molecule has 2 aromatic carbocycles. The number of nitrogen functional groups attached to an aromatic ring is 1. The van der Waals surface area contributed by atoms with Gasteiger partial charge in [-0.2, -0.15) is 0 Å². The van der Waals surface area contributed by atoms with Crippen molar-refractivity contribution in [1.82, 2.24) is 0 Å². The van der Waals surface area contributed by atoms with Crippen LogP contribution >= 0.6 is 0 Å². The van der Waals surface area contributed by atoms with Crippen molar-refractivity contribution in [2.24, 2.45) is 0 Å². The Bertz CT molecular complexity index is 621. The van der Waals surface area contributed by atoms with E-state index in [1.807, 2.05) is 0 Å². The smallest absolute Gasteiger partial charge is 0.161 e. The van der Waals surface area contributed by atoms with Crippen LogP contribution in [0.2, 0.25) is 0 Å². The molecule has 0 unspecified atom stereocenters. The zero-order valence-corrected chi connectivity index (χ0v) is 10.2. The lowest BCUT2D eigenvalue weighted by molar-refractivity contribution is 0.101. The van der Waals surface area contributed by atoms with Gasteiger partial charge < -0.3 is 11.1 Å². The predicted molar refractivity (Wildman–Crippen MR) is 70.5 cm³/mol. The number of halogens is 2. The minimum Gasteiger partial charge on any atom is -0.398 e. The average molecular weight is 262 g/mol. The maximum atomic E-state index is 13.5. The van der Waals surface area contributed by atoms with Crippen molar-refractivity contribution >= 4 is 22.8 Å². The zero-order valence-electron chi connectivity index (χ0n) is 10.2. The maximum absolute atomic E-state index is 13.5. The summed E-state index contributed by atoms with van der Waals surface area (Å²) in [6.07, 6.45) is 0. The van der Waals surface area contributed by atoms with E-state index in [2.05, 4.69) is 5.32 Å². The summed E-state index contributed by atoms with van der Waals surface area (Å²) in [5.74, 6) is -1.57. The molecule has 3 nitrogen and oxygen atoms in total. The van der Waals surface area contributed by atoms with E-state index in [1.54, 1.807) is 6.07 Å². The summed E-state index contributed by atoms with van der Waals surface area (Å²) >= 11 is 0. The Morgan fingerprint density at radius 3 is 2.32 bits per heavy atom. The van der Waals surface area contributed by atoms with Crippen LogP contribution in [-0.2, 0) is 0 Å². The molecule has 0 heterocycles. The zero-order chi connectivity index (χ0) is 14.0. The van der Waals surface area contributed by atoms with E-state index in [0.717, 1.165) is 12.1 Å².